The molecule has 0 saturated carbocycles. The van der Waals surface area contributed by atoms with Crippen molar-refractivity contribution in [3.63, 3.8) is 0 Å². The monoisotopic (exact) mass is 435 g/mol. The minimum atomic E-state index is -3.97. The summed E-state index contributed by atoms with van der Waals surface area (Å²) < 4.78 is 12.8. The Hall–Kier alpha value is -2.55. The number of aromatic amines is 1. The second-order valence-electron chi connectivity index (χ2n) is 7.63. The summed E-state index contributed by atoms with van der Waals surface area (Å²) in [5.74, 6) is 0.236. The molecule has 0 saturated heterocycles. The molecule has 0 unspecified atom stereocenters. The van der Waals surface area contributed by atoms with Crippen molar-refractivity contribution in [1.29, 1.82) is 0 Å². The number of nitrogens with one attached hydrogen (secondary N) is 1. The van der Waals surface area contributed by atoms with E-state index in [0.717, 1.165) is 23.2 Å². The maximum Gasteiger partial charge on any atom is 0.349 e. The number of benzene rings is 1. The summed E-state index contributed by atoms with van der Waals surface area (Å²) in [5, 5.41) is 0. The molecule has 1 aromatic rings. The third-order valence-corrected chi connectivity index (χ3v) is 5.89. The van der Waals surface area contributed by atoms with Crippen molar-refractivity contribution >= 4 is 24.3 Å². The molecule has 0 bridgehead atoms. The molecular formula is C19H26N5O5P. The molecule has 1 aromatic carbocycles. The fourth-order valence-electron chi connectivity index (χ4n) is 3.58. The van der Waals surface area contributed by atoms with Gasteiger partial charge in [-0.1, -0.05) is 12.8 Å². The Morgan fingerprint density at radius 3 is 2.47 bits per heavy atom. The minimum absolute atomic E-state index is 0.112. The van der Waals surface area contributed by atoms with E-state index >= 15 is 0 Å². The van der Waals surface area contributed by atoms with Gasteiger partial charge in [-0.05, 0) is 37.5 Å². The van der Waals surface area contributed by atoms with Crippen LogP contribution in [0, 0.1) is 6.92 Å². The molecule has 0 aliphatic carbocycles. The summed E-state index contributed by atoms with van der Waals surface area (Å²) in [4.78, 5) is 54.7. The molecule has 0 aromatic heterocycles. The number of unbranched alkanes of at least 4 members (excludes halogenated alkanes) is 3. The predicted molar refractivity (Wildman–Crippen MR) is 115 cm³/mol. The zero-order valence-corrected chi connectivity index (χ0v) is 18.1. The van der Waals surface area contributed by atoms with Crippen molar-refractivity contribution in [2.75, 3.05) is 25.2 Å². The molecule has 2 heterocycles. The Labute approximate surface area is 173 Å². The maximum absolute atomic E-state index is 12.3. The van der Waals surface area contributed by atoms with Crippen LogP contribution in [0.2, 0.25) is 0 Å². The van der Waals surface area contributed by atoms with E-state index in [1.807, 2.05) is 42.6 Å². The lowest BCUT2D eigenvalue weighted by molar-refractivity contribution is 0.370. The maximum atomic E-state index is 12.3. The van der Waals surface area contributed by atoms with Crippen LogP contribution >= 0.6 is 7.60 Å². The van der Waals surface area contributed by atoms with E-state index in [4.69, 9.17) is 9.79 Å². The number of anilines is 1. The van der Waals surface area contributed by atoms with Gasteiger partial charge >= 0.3 is 13.3 Å². The molecule has 0 amide bonds. The van der Waals surface area contributed by atoms with Gasteiger partial charge in [0.25, 0.3) is 5.56 Å². The van der Waals surface area contributed by atoms with Gasteiger partial charge in [0, 0.05) is 32.5 Å². The fraction of sp³-hybridized carbons (Fsp3) is 0.474. The molecule has 3 rings (SSSR count). The molecule has 2 aliphatic rings. The van der Waals surface area contributed by atoms with Gasteiger partial charge in [-0.15, -0.1) is 0 Å². The topological polar surface area (TPSA) is 141 Å². The number of nitrogens with zero attached hydrogens (tertiary/aromatic N) is 4. The minimum Gasteiger partial charge on any atom is -0.377 e. The van der Waals surface area contributed by atoms with Crippen LogP contribution in [0.3, 0.4) is 0 Å². The van der Waals surface area contributed by atoms with E-state index < -0.39 is 18.8 Å². The number of aryl methyl sites for hydroxylation is 2. The lowest BCUT2D eigenvalue weighted by Gasteiger charge is -2.21. The molecule has 3 N–H and O–H groups in total. The summed E-state index contributed by atoms with van der Waals surface area (Å²) in [7, 11) is -0.0950. The van der Waals surface area contributed by atoms with Crippen LogP contribution in [0.4, 0.5) is 5.69 Å². The third-order valence-electron chi connectivity index (χ3n) is 4.99. The molecule has 0 radical (unpaired) electrons. The van der Waals surface area contributed by atoms with Gasteiger partial charge in [0.15, 0.2) is 11.5 Å². The van der Waals surface area contributed by atoms with E-state index in [-0.39, 0.29) is 17.7 Å². The van der Waals surface area contributed by atoms with Crippen molar-refractivity contribution in [1.82, 2.24) is 19.5 Å². The highest BCUT2D eigenvalue weighted by Crippen LogP contribution is 2.35. The molecule has 30 heavy (non-hydrogen) atoms. The average molecular weight is 435 g/mol. The van der Waals surface area contributed by atoms with Gasteiger partial charge < -0.3 is 19.3 Å². The number of aromatic nitrogens is 4. The van der Waals surface area contributed by atoms with Crippen LogP contribution in [0.1, 0.15) is 31.2 Å². The van der Waals surface area contributed by atoms with Crippen LogP contribution in [-0.2, 0) is 11.1 Å². The first-order valence-corrected chi connectivity index (χ1v) is 11.5. The van der Waals surface area contributed by atoms with Crippen molar-refractivity contribution in [2.45, 2.75) is 39.2 Å². The summed E-state index contributed by atoms with van der Waals surface area (Å²) in [5.41, 5.74) is 2.23. The highest BCUT2D eigenvalue weighted by atomic mass is 31.2. The smallest absolute Gasteiger partial charge is 0.349 e. The van der Waals surface area contributed by atoms with Crippen molar-refractivity contribution in [2.24, 2.45) is 0 Å². The molecule has 2 aliphatic heterocycles. The van der Waals surface area contributed by atoms with E-state index in [9.17, 15) is 14.2 Å². The largest absolute Gasteiger partial charge is 0.377 e. The second-order valence-corrected chi connectivity index (χ2v) is 9.41. The lowest BCUT2D eigenvalue weighted by atomic mass is 10.1. The summed E-state index contributed by atoms with van der Waals surface area (Å²) >= 11 is 0. The highest BCUT2D eigenvalue weighted by Gasteiger charge is 2.20. The van der Waals surface area contributed by atoms with Gasteiger partial charge in [-0.25, -0.2) is 9.78 Å². The Kier molecular flexibility index (Phi) is 6.40. The predicted octanol–water partition coefficient (Wildman–Crippen LogP) is 1.70. The number of fused-ring (bicyclic) bond motifs is 2. The molecule has 0 atom stereocenters. The van der Waals surface area contributed by atoms with Crippen LogP contribution in [0.15, 0.2) is 21.7 Å². The first kappa shape index (κ1) is 22.1. The molecule has 11 heteroatoms. The van der Waals surface area contributed by atoms with E-state index in [2.05, 4.69) is 15.0 Å². The number of hydrogen-bond donors (Lipinski definition) is 3. The first-order valence-electron chi connectivity index (χ1n) is 9.74. The van der Waals surface area contributed by atoms with Crippen molar-refractivity contribution < 1.29 is 14.4 Å². The third kappa shape index (κ3) is 4.95. The normalized spacial score (nSPS) is 12.0. The number of hydrogen-bond acceptors (Lipinski definition) is 6. The number of rotatable bonds is 8. The van der Waals surface area contributed by atoms with Crippen molar-refractivity contribution in [3.05, 3.63) is 38.5 Å². The zero-order valence-electron chi connectivity index (χ0n) is 17.3. The lowest BCUT2D eigenvalue weighted by Crippen LogP contribution is -2.29. The quantitative estimate of drug-likeness (QED) is 0.276. The standard InChI is InChI=1S/C19H26N5O5P/c1-12-10-13-15(11-14(12)23(2)3)24(8-6-4-5-7-9-30(27,28)29)17-16(20-13)18(25)22-19(26)21-17/h10-11H,4-9H2,1-3H3,(H,22,25,26)(H2,27,28,29). The molecule has 0 fully saturated rings. The van der Waals surface area contributed by atoms with E-state index in [1.165, 1.54) is 0 Å². The summed E-state index contributed by atoms with van der Waals surface area (Å²) in [6, 6.07) is 3.88. The van der Waals surface area contributed by atoms with Crippen LogP contribution in [0.25, 0.3) is 22.6 Å². The zero-order chi connectivity index (χ0) is 22.1. The Bertz CT molecular complexity index is 1200. The van der Waals surface area contributed by atoms with E-state index in [0.29, 0.717) is 31.3 Å². The van der Waals surface area contributed by atoms with Gasteiger partial charge in [0.05, 0.1) is 11.0 Å². The van der Waals surface area contributed by atoms with Gasteiger partial charge in [0.1, 0.15) is 0 Å². The van der Waals surface area contributed by atoms with Crippen LogP contribution in [0.5, 0.6) is 0 Å². The van der Waals surface area contributed by atoms with Crippen LogP contribution in [-0.4, -0.2) is 49.6 Å². The fourth-order valence-corrected chi connectivity index (χ4v) is 4.22. The molecule has 162 valence electrons. The van der Waals surface area contributed by atoms with E-state index in [1.54, 1.807) is 0 Å². The van der Waals surface area contributed by atoms with Gasteiger partial charge in [-0.3, -0.25) is 14.3 Å². The molecular weight excluding hydrogens is 409 g/mol. The highest BCUT2D eigenvalue weighted by molar-refractivity contribution is 7.51. The Balaban J connectivity index is 2.00. The summed E-state index contributed by atoms with van der Waals surface area (Å²) in [6.07, 6.45) is 2.45. The first-order chi connectivity index (χ1) is 14.1. The molecule has 10 nitrogen and oxygen atoms in total. The second kappa shape index (κ2) is 8.67. The summed E-state index contributed by atoms with van der Waals surface area (Å²) in [6.45, 7) is 2.46. The molecule has 0 spiro atoms. The van der Waals surface area contributed by atoms with Crippen molar-refractivity contribution in [3.8, 4) is 11.5 Å². The number of H-pyrrole nitrogens is 1. The van der Waals surface area contributed by atoms with Gasteiger partial charge in [0.2, 0.25) is 0 Å². The SMILES string of the molecule is Cc1cc2nc3c(=O)[nH]c(=O)nc-3n(CCCCCCP(=O)(O)O)c2cc1N(C)C. The van der Waals surface area contributed by atoms with Gasteiger partial charge in [-0.2, -0.15) is 4.98 Å². The Morgan fingerprint density at radius 1 is 1.10 bits per heavy atom. The van der Waals surface area contributed by atoms with Crippen LogP contribution < -0.4 is 16.1 Å². The average Bonchev–Trinajstić information content (AvgIpc) is 2.62. The Morgan fingerprint density at radius 2 is 1.80 bits per heavy atom.